The van der Waals surface area contributed by atoms with Crippen LogP contribution in [0.15, 0.2) is 24.5 Å². The van der Waals surface area contributed by atoms with E-state index in [1.54, 1.807) is 12.3 Å². The number of thiazole rings is 1. The molecule has 11 nitrogen and oxygen atoms in total. The van der Waals surface area contributed by atoms with Crippen LogP contribution in [0.4, 0.5) is 15.3 Å². The second-order valence-electron chi connectivity index (χ2n) is 10.4. The molecule has 2 aliphatic rings. The van der Waals surface area contributed by atoms with Crippen molar-refractivity contribution in [2.24, 2.45) is 0 Å². The molecule has 2 aromatic heterocycles. The van der Waals surface area contributed by atoms with Gasteiger partial charge in [0.1, 0.15) is 11.5 Å². The van der Waals surface area contributed by atoms with Crippen molar-refractivity contribution in [3.05, 3.63) is 45.9 Å². The van der Waals surface area contributed by atoms with Crippen LogP contribution >= 0.6 is 22.9 Å². The Balaban J connectivity index is 1.29. The highest BCUT2D eigenvalue weighted by atomic mass is 35.5. The standard InChI is InChI=1S/C28H33ClFN7O4S/c1-17-4-3-6-37(17)16-22-25(18-12-19(29)26(41-2)20(30)13-18)33-28(42-22)34-27(40)21-14-32-23(15-31-21)36-10-8-35(9-11-36)7-5-24(38)39/h12-15,17H,3-11,16H2,1-2H3,(H,38,39)(H,33,34,40)/t17-/m1/s1. The van der Waals surface area contributed by atoms with Gasteiger partial charge < -0.3 is 14.7 Å². The third-order valence-electron chi connectivity index (χ3n) is 7.64. The van der Waals surface area contributed by atoms with Gasteiger partial charge in [-0.2, -0.15) is 0 Å². The first kappa shape index (κ1) is 30.1. The lowest BCUT2D eigenvalue weighted by atomic mass is 10.1. The first-order valence-electron chi connectivity index (χ1n) is 13.8. The van der Waals surface area contributed by atoms with Crippen LogP contribution in [0.3, 0.4) is 0 Å². The fourth-order valence-electron chi connectivity index (χ4n) is 5.26. The van der Waals surface area contributed by atoms with Gasteiger partial charge in [0.05, 0.1) is 36.6 Å². The summed E-state index contributed by atoms with van der Waals surface area (Å²) >= 11 is 7.63. The average molecular weight is 618 g/mol. The van der Waals surface area contributed by atoms with E-state index in [-0.39, 0.29) is 22.9 Å². The molecule has 1 amide bonds. The minimum Gasteiger partial charge on any atom is -0.492 e. The Hall–Kier alpha value is -3.39. The number of nitrogens with zero attached hydrogens (tertiary/aromatic N) is 6. The normalized spacial score (nSPS) is 17.9. The van der Waals surface area contributed by atoms with Crippen molar-refractivity contribution in [2.45, 2.75) is 38.8 Å². The number of ether oxygens (including phenoxy) is 1. The SMILES string of the molecule is COc1c(F)cc(-c2nc(NC(=O)c3cnc(N4CCN(CCC(=O)O)CC4)cn3)sc2CN2CCC[C@H]2C)cc1Cl. The number of benzene rings is 1. The Morgan fingerprint density at radius 1 is 1.19 bits per heavy atom. The molecule has 2 aliphatic heterocycles. The predicted octanol–water partition coefficient (Wildman–Crippen LogP) is 4.23. The molecule has 0 unspecified atom stereocenters. The summed E-state index contributed by atoms with van der Waals surface area (Å²) in [5.41, 5.74) is 1.20. The monoisotopic (exact) mass is 617 g/mol. The van der Waals surface area contributed by atoms with Gasteiger partial charge in [-0.1, -0.05) is 22.9 Å². The van der Waals surface area contributed by atoms with Gasteiger partial charge in [0.25, 0.3) is 5.91 Å². The number of methoxy groups -OCH3 is 1. The van der Waals surface area contributed by atoms with Crippen LogP contribution in [-0.4, -0.2) is 94.2 Å². The summed E-state index contributed by atoms with van der Waals surface area (Å²) in [4.78, 5) is 44.8. The number of hydrogen-bond donors (Lipinski definition) is 2. The number of rotatable bonds is 10. The Morgan fingerprint density at radius 2 is 1.98 bits per heavy atom. The molecule has 4 heterocycles. The summed E-state index contributed by atoms with van der Waals surface area (Å²) in [6, 6.07) is 3.38. The summed E-state index contributed by atoms with van der Waals surface area (Å²) < 4.78 is 19.8. The van der Waals surface area contributed by atoms with Gasteiger partial charge in [-0.3, -0.25) is 24.7 Å². The maximum atomic E-state index is 14.7. The minimum atomic E-state index is -0.803. The zero-order valence-corrected chi connectivity index (χ0v) is 25.0. The van der Waals surface area contributed by atoms with E-state index in [0.717, 1.165) is 37.4 Å². The van der Waals surface area contributed by atoms with Crippen molar-refractivity contribution in [1.29, 1.82) is 0 Å². The van der Waals surface area contributed by atoms with Gasteiger partial charge >= 0.3 is 5.97 Å². The van der Waals surface area contributed by atoms with E-state index in [1.165, 1.54) is 30.7 Å². The molecule has 1 atom stereocenters. The number of aromatic nitrogens is 3. The van der Waals surface area contributed by atoms with E-state index in [4.69, 9.17) is 21.4 Å². The van der Waals surface area contributed by atoms with Crippen molar-refractivity contribution < 1.29 is 23.8 Å². The molecule has 2 fully saturated rings. The molecular formula is C28H33ClFN7O4S. The van der Waals surface area contributed by atoms with E-state index in [1.807, 2.05) is 0 Å². The van der Waals surface area contributed by atoms with Crippen LogP contribution in [0.25, 0.3) is 11.3 Å². The molecule has 2 saturated heterocycles. The number of carboxylic acid groups (broad SMARTS) is 1. The van der Waals surface area contributed by atoms with Crippen LogP contribution in [-0.2, 0) is 11.3 Å². The molecule has 0 bridgehead atoms. The van der Waals surface area contributed by atoms with E-state index in [0.29, 0.717) is 54.4 Å². The van der Waals surface area contributed by atoms with E-state index in [9.17, 15) is 14.0 Å². The fraction of sp³-hybridized carbons (Fsp3) is 0.464. The average Bonchev–Trinajstić information content (AvgIpc) is 3.57. The zero-order chi connectivity index (χ0) is 29.8. The van der Waals surface area contributed by atoms with Gasteiger partial charge in [-0.15, -0.1) is 0 Å². The summed E-state index contributed by atoms with van der Waals surface area (Å²) in [5.74, 6) is -1.21. The quantitative estimate of drug-likeness (QED) is 0.341. The third-order valence-corrected chi connectivity index (χ3v) is 8.88. The second kappa shape index (κ2) is 13.3. The highest BCUT2D eigenvalue weighted by Gasteiger charge is 2.25. The molecule has 5 rings (SSSR count). The highest BCUT2D eigenvalue weighted by molar-refractivity contribution is 7.16. The summed E-state index contributed by atoms with van der Waals surface area (Å²) in [6.07, 6.45) is 5.33. The van der Waals surface area contributed by atoms with Gasteiger partial charge in [-0.05, 0) is 38.4 Å². The topological polar surface area (TPSA) is 124 Å². The predicted molar refractivity (Wildman–Crippen MR) is 159 cm³/mol. The first-order chi connectivity index (χ1) is 20.2. The van der Waals surface area contributed by atoms with E-state index >= 15 is 0 Å². The van der Waals surface area contributed by atoms with Gasteiger partial charge in [0.2, 0.25) is 0 Å². The zero-order valence-electron chi connectivity index (χ0n) is 23.5. The smallest absolute Gasteiger partial charge is 0.304 e. The molecule has 224 valence electrons. The molecule has 14 heteroatoms. The number of carbonyl (C=O) groups excluding carboxylic acids is 1. The van der Waals surface area contributed by atoms with Gasteiger partial charge in [0.15, 0.2) is 16.7 Å². The van der Waals surface area contributed by atoms with Crippen LogP contribution in [0, 0.1) is 5.82 Å². The number of carboxylic acids is 1. The van der Waals surface area contributed by atoms with Crippen molar-refractivity contribution in [3.63, 3.8) is 0 Å². The largest absolute Gasteiger partial charge is 0.492 e. The molecule has 0 radical (unpaired) electrons. The maximum absolute atomic E-state index is 14.7. The molecule has 2 N–H and O–H groups in total. The summed E-state index contributed by atoms with van der Waals surface area (Å²) in [6.45, 7) is 7.11. The molecule has 3 aromatic rings. The molecular weight excluding hydrogens is 585 g/mol. The van der Waals surface area contributed by atoms with E-state index < -0.39 is 17.7 Å². The lowest BCUT2D eigenvalue weighted by molar-refractivity contribution is -0.137. The highest BCUT2D eigenvalue weighted by Crippen LogP contribution is 2.38. The Bertz CT molecular complexity index is 1410. The summed E-state index contributed by atoms with van der Waals surface area (Å²) in [7, 11) is 1.36. The molecule has 0 saturated carbocycles. The Labute approximate surface area is 252 Å². The maximum Gasteiger partial charge on any atom is 0.304 e. The van der Waals surface area contributed by atoms with Gasteiger partial charge in [0, 0.05) is 55.8 Å². The fourth-order valence-corrected chi connectivity index (χ4v) is 6.55. The van der Waals surface area contributed by atoms with Crippen molar-refractivity contribution in [2.75, 3.05) is 56.6 Å². The number of amides is 1. The van der Waals surface area contributed by atoms with E-state index in [2.05, 4.69) is 41.9 Å². The number of piperazine rings is 1. The van der Waals surface area contributed by atoms with Crippen LogP contribution < -0.4 is 15.0 Å². The molecule has 1 aromatic carbocycles. The van der Waals surface area contributed by atoms with Gasteiger partial charge in [-0.25, -0.2) is 19.3 Å². The number of hydrogen-bond acceptors (Lipinski definition) is 10. The second-order valence-corrected chi connectivity index (χ2v) is 11.9. The lowest BCUT2D eigenvalue weighted by Gasteiger charge is -2.34. The van der Waals surface area contributed by atoms with Crippen LogP contribution in [0.1, 0.15) is 41.6 Å². The van der Waals surface area contributed by atoms with Crippen molar-refractivity contribution in [1.82, 2.24) is 24.8 Å². The Morgan fingerprint density at radius 3 is 2.60 bits per heavy atom. The lowest BCUT2D eigenvalue weighted by Crippen LogP contribution is -2.47. The molecule has 42 heavy (non-hydrogen) atoms. The van der Waals surface area contributed by atoms with Crippen LogP contribution in [0.5, 0.6) is 5.75 Å². The molecule has 0 spiro atoms. The number of halogens is 2. The number of anilines is 2. The van der Waals surface area contributed by atoms with Crippen molar-refractivity contribution >= 4 is 45.8 Å². The first-order valence-corrected chi connectivity index (χ1v) is 15.0. The Kier molecular flexibility index (Phi) is 9.51. The number of aliphatic carboxylic acids is 1. The van der Waals surface area contributed by atoms with Crippen LogP contribution in [0.2, 0.25) is 5.02 Å². The minimum absolute atomic E-state index is 0.0269. The number of nitrogens with one attached hydrogen (secondary N) is 1. The number of carbonyl (C=O) groups is 2. The number of likely N-dealkylation sites (tertiary alicyclic amines) is 1. The summed E-state index contributed by atoms with van der Waals surface area (Å²) in [5, 5.41) is 12.2. The molecule has 0 aliphatic carbocycles. The van der Waals surface area contributed by atoms with Crippen molar-refractivity contribution in [3.8, 4) is 17.0 Å². The third kappa shape index (κ3) is 6.97.